The van der Waals surface area contributed by atoms with Gasteiger partial charge >= 0.3 is 0 Å². The Labute approximate surface area is 133 Å². The molecular weight excluding hydrogens is 276 g/mol. The first kappa shape index (κ1) is 17.0. The normalized spacial score (nSPS) is 16.8. The van der Waals surface area contributed by atoms with Crippen LogP contribution in [0.25, 0.3) is 0 Å². The van der Waals surface area contributed by atoms with E-state index in [4.69, 9.17) is 0 Å². The molecule has 0 spiro atoms. The van der Waals surface area contributed by atoms with Crippen LogP contribution in [0, 0.1) is 0 Å². The lowest BCUT2D eigenvalue weighted by Crippen LogP contribution is -2.35. The molecule has 2 rings (SSSR count). The van der Waals surface area contributed by atoms with Gasteiger partial charge in [-0.15, -0.1) is 0 Å². The highest BCUT2D eigenvalue weighted by Gasteiger charge is 2.18. The highest BCUT2D eigenvalue weighted by molar-refractivity contribution is 5.94. The van der Waals surface area contributed by atoms with Crippen molar-refractivity contribution < 1.29 is 9.90 Å². The number of aliphatic hydroxyl groups excluding tert-OH is 1. The standard InChI is InChI=1S/C18H28N2O2/c1-15(21)9-12-19(2)14-16-7-6-8-17(13-16)18(22)20-10-4-3-5-11-20/h6-8,13,15,21H,3-5,9-12,14H2,1-2H3. The molecule has 4 nitrogen and oxygen atoms in total. The second-order valence-corrected chi connectivity index (χ2v) is 6.43. The van der Waals surface area contributed by atoms with Crippen molar-refractivity contribution in [1.29, 1.82) is 0 Å². The molecule has 1 saturated heterocycles. The maximum absolute atomic E-state index is 12.5. The molecule has 122 valence electrons. The van der Waals surface area contributed by atoms with E-state index in [0.29, 0.717) is 0 Å². The Bertz CT molecular complexity index is 482. The minimum Gasteiger partial charge on any atom is -0.393 e. The molecule has 1 aliphatic rings. The van der Waals surface area contributed by atoms with Crippen LogP contribution in [-0.2, 0) is 6.54 Å². The monoisotopic (exact) mass is 304 g/mol. The summed E-state index contributed by atoms with van der Waals surface area (Å²) in [5.41, 5.74) is 1.94. The molecule has 1 amide bonds. The smallest absolute Gasteiger partial charge is 0.253 e. The van der Waals surface area contributed by atoms with Crippen LogP contribution in [0.3, 0.4) is 0 Å². The van der Waals surface area contributed by atoms with Gasteiger partial charge in [0.15, 0.2) is 0 Å². The molecule has 1 aromatic carbocycles. The number of carbonyl (C=O) groups excluding carboxylic acids is 1. The lowest BCUT2D eigenvalue weighted by molar-refractivity contribution is 0.0724. The number of benzene rings is 1. The average molecular weight is 304 g/mol. The summed E-state index contributed by atoms with van der Waals surface area (Å²) in [6.07, 6.45) is 3.97. The Kier molecular flexibility index (Phi) is 6.40. The number of hydrogen-bond acceptors (Lipinski definition) is 3. The average Bonchev–Trinajstić information content (AvgIpc) is 2.53. The first-order valence-corrected chi connectivity index (χ1v) is 8.31. The summed E-state index contributed by atoms with van der Waals surface area (Å²) in [6.45, 7) is 5.23. The van der Waals surface area contributed by atoms with E-state index in [1.54, 1.807) is 0 Å². The molecule has 4 heteroatoms. The van der Waals surface area contributed by atoms with Crippen LogP contribution in [0.15, 0.2) is 24.3 Å². The molecule has 22 heavy (non-hydrogen) atoms. The van der Waals surface area contributed by atoms with Crippen molar-refractivity contribution in [2.45, 2.75) is 45.3 Å². The molecular formula is C18H28N2O2. The number of nitrogens with zero attached hydrogens (tertiary/aromatic N) is 2. The molecule has 0 aliphatic carbocycles. The second-order valence-electron chi connectivity index (χ2n) is 6.43. The molecule has 1 aliphatic heterocycles. The maximum Gasteiger partial charge on any atom is 0.253 e. The molecule has 1 unspecified atom stereocenters. The molecule has 1 aromatic rings. The highest BCUT2D eigenvalue weighted by atomic mass is 16.3. The van der Waals surface area contributed by atoms with Gasteiger partial charge in [-0.25, -0.2) is 0 Å². The molecule has 0 radical (unpaired) electrons. The van der Waals surface area contributed by atoms with Crippen LogP contribution in [0.4, 0.5) is 0 Å². The molecule has 1 heterocycles. The summed E-state index contributed by atoms with van der Waals surface area (Å²) >= 11 is 0. The van der Waals surface area contributed by atoms with E-state index in [0.717, 1.165) is 56.6 Å². The number of piperidine rings is 1. The van der Waals surface area contributed by atoms with Gasteiger partial charge in [-0.2, -0.15) is 0 Å². The minimum absolute atomic E-state index is 0.160. The minimum atomic E-state index is -0.269. The number of aliphatic hydroxyl groups is 1. The SMILES string of the molecule is CC(O)CCN(C)Cc1cccc(C(=O)N2CCCCC2)c1. The van der Waals surface area contributed by atoms with Crippen molar-refractivity contribution in [1.82, 2.24) is 9.80 Å². The first-order chi connectivity index (χ1) is 10.6. The summed E-state index contributed by atoms with van der Waals surface area (Å²) < 4.78 is 0. The number of carbonyl (C=O) groups is 1. The molecule has 1 atom stereocenters. The summed E-state index contributed by atoms with van der Waals surface area (Å²) in [6, 6.07) is 7.95. The number of hydrogen-bond donors (Lipinski definition) is 1. The van der Waals surface area contributed by atoms with E-state index >= 15 is 0 Å². The number of rotatable bonds is 6. The van der Waals surface area contributed by atoms with E-state index in [1.165, 1.54) is 6.42 Å². The molecule has 0 aromatic heterocycles. The van der Waals surface area contributed by atoms with Crippen molar-refractivity contribution in [2.75, 3.05) is 26.7 Å². The second kappa shape index (κ2) is 8.30. The van der Waals surface area contributed by atoms with Crippen molar-refractivity contribution >= 4 is 5.91 Å². The Morgan fingerprint density at radius 2 is 2.05 bits per heavy atom. The number of likely N-dealkylation sites (tertiary alicyclic amines) is 1. The lowest BCUT2D eigenvalue weighted by Gasteiger charge is -2.27. The zero-order valence-corrected chi connectivity index (χ0v) is 13.8. The van der Waals surface area contributed by atoms with Crippen molar-refractivity contribution in [2.24, 2.45) is 0 Å². The third kappa shape index (κ3) is 5.11. The van der Waals surface area contributed by atoms with E-state index in [1.807, 2.05) is 37.1 Å². The van der Waals surface area contributed by atoms with Gasteiger partial charge in [0.25, 0.3) is 5.91 Å². The first-order valence-electron chi connectivity index (χ1n) is 8.31. The Morgan fingerprint density at radius 3 is 2.73 bits per heavy atom. The highest BCUT2D eigenvalue weighted by Crippen LogP contribution is 2.15. The zero-order valence-electron chi connectivity index (χ0n) is 13.8. The van der Waals surface area contributed by atoms with E-state index in [9.17, 15) is 9.90 Å². The maximum atomic E-state index is 12.5. The summed E-state index contributed by atoms with van der Waals surface area (Å²) in [7, 11) is 2.04. The van der Waals surface area contributed by atoms with Crippen LogP contribution in [0.5, 0.6) is 0 Å². The third-order valence-electron chi connectivity index (χ3n) is 4.20. The van der Waals surface area contributed by atoms with Crippen LogP contribution in [-0.4, -0.2) is 53.6 Å². The fourth-order valence-corrected chi connectivity index (χ4v) is 2.88. The largest absolute Gasteiger partial charge is 0.393 e. The van der Waals surface area contributed by atoms with Gasteiger partial charge in [0.05, 0.1) is 6.10 Å². The van der Waals surface area contributed by atoms with Crippen molar-refractivity contribution in [3.05, 3.63) is 35.4 Å². The van der Waals surface area contributed by atoms with Crippen molar-refractivity contribution in [3.63, 3.8) is 0 Å². The Balaban J connectivity index is 1.95. The molecule has 1 N–H and O–H groups in total. The van der Waals surface area contributed by atoms with Crippen molar-refractivity contribution in [3.8, 4) is 0 Å². The number of amides is 1. The molecule has 0 bridgehead atoms. The van der Waals surface area contributed by atoms with Crippen LogP contribution in [0.1, 0.15) is 48.5 Å². The third-order valence-corrected chi connectivity index (χ3v) is 4.20. The molecule has 0 saturated carbocycles. The Morgan fingerprint density at radius 1 is 1.32 bits per heavy atom. The quantitative estimate of drug-likeness (QED) is 0.878. The zero-order chi connectivity index (χ0) is 15.9. The summed E-state index contributed by atoms with van der Waals surface area (Å²) in [5.74, 6) is 0.160. The van der Waals surface area contributed by atoms with Gasteiger partial charge in [0.1, 0.15) is 0 Å². The fraction of sp³-hybridized carbons (Fsp3) is 0.611. The van der Waals surface area contributed by atoms with Gasteiger partial charge in [0.2, 0.25) is 0 Å². The Hall–Kier alpha value is -1.39. The fourth-order valence-electron chi connectivity index (χ4n) is 2.88. The van der Waals surface area contributed by atoms with E-state index < -0.39 is 0 Å². The summed E-state index contributed by atoms with van der Waals surface area (Å²) in [5, 5.41) is 9.35. The predicted octanol–water partition coefficient (Wildman–Crippen LogP) is 2.52. The van der Waals surface area contributed by atoms with Gasteiger partial charge in [-0.05, 0) is 57.4 Å². The van der Waals surface area contributed by atoms with Gasteiger partial charge in [-0.3, -0.25) is 4.79 Å². The van der Waals surface area contributed by atoms with Gasteiger partial charge in [0, 0.05) is 31.7 Å². The van der Waals surface area contributed by atoms with E-state index in [2.05, 4.69) is 11.0 Å². The van der Waals surface area contributed by atoms with Gasteiger partial charge < -0.3 is 14.9 Å². The lowest BCUT2D eigenvalue weighted by atomic mass is 10.1. The van der Waals surface area contributed by atoms with Crippen LogP contribution < -0.4 is 0 Å². The van der Waals surface area contributed by atoms with E-state index in [-0.39, 0.29) is 12.0 Å². The topological polar surface area (TPSA) is 43.8 Å². The van der Waals surface area contributed by atoms with Crippen LogP contribution in [0.2, 0.25) is 0 Å². The summed E-state index contributed by atoms with van der Waals surface area (Å²) in [4.78, 5) is 16.7. The van der Waals surface area contributed by atoms with Gasteiger partial charge in [-0.1, -0.05) is 12.1 Å². The molecule has 1 fully saturated rings. The van der Waals surface area contributed by atoms with Crippen LogP contribution >= 0.6 is 0 Å². The predicted molar refractivity (Wildman–Crippen MR) is 88.8 cm³/mol.